The zero-order valence-corrected chi connectivity index (χ0v) is 15.7. The fourth-order valence-electron chi connectivity index (χ4n) is 3.82. The molecule has 1 aliphatic heterocycles. The van der Waals surface area contributed by atoms with Gasteiger partial charge in [-0.15, -0.1) is 0 Å². The maximum absolute atomic E-state index is 12.3. The molecule has 2 aliphatic rings. The summed E-state index contributed by atoms with van der Waals surface area (Å²) in [5, 5.41) is 4.57. The van der Waals surface area contributed by atoms with Gasteiger partial charge in [-0.3, -0.25) is 9.69 Å². The van der Waals surface area contributed by atoms with E-state index in [1.54, 1.807) is 10.7 Å². The van der Waals surface area contributed by atoms with E-state index in [-0.39, 0.29) is 11.6 Å². The Hall–Kier alpha value is -1.25. The van der Waals surface area contributed by atoms with Crippen LogP contribution in [-0.2, 0) is 29.4 Å². The molecule has 1 saturated heterocycles. The molecule has 1 N–H and O–H groups in total. The Morgan fingerprint density at radius 2 is 2.00 bits per heavy atom. The van der Waals surface area contributed by atoms with Gasteiger partial charge in [-0.05, 0) is 50.6 Å². The second kappa shape index (κ2) is 7.97. The van der Waals surface area contributed by atoms with Crippen molar-refractivity contribution in [2.24, 2.45) is 0 Å². The largest absolute Gasteiger partial charge is 0.297 e. The highest BCUT2D eigenvalue weighted by Crippen LogP contribution is 2.18. The lowest BCUT2D eigenvalue weighted by molar-refractivity contribution is 0.142. The molecule has 0 radical (unpaired) electrons. The zero-order valence-electron chi connectivity index (χ0n) is 14.9. The van der Waals surface area contributed by atoms with Crippen LogP contribution < -0.4 is 10.3 Å². The second-order valence-electron chi connectivity index (χ2n) is 7.19. The molecule has 140 valence electrons. The smallest absolute Gasteiger partial charge is 0.267 e. The maximum Gasteiger partial charge on any atom is 0.267 e. The number of hydrogen-bond donors (Lipinski definition) is 1. The third-order valence-electron chi connectivity index (χ3n) is 5.20. The van der Waals surface area contributed by atoms with E-state index >= 15 is 0 Å². The molecule has 3 rings (SSSR count). The van der Waals surface area contributed by atoms with Crippen molar-refractivity contribution in [2.75, 3.05) is 25.9 Å². The molecule has 0 bridgehead atoms. The molecule has 25 heavy (non-hydrogen) atoms. The van der Waals surface area contributed by atoms with E-state index in [0.29, 0.717) is 13.1 Å². The number of likely N-dealkylation sites (tertiary alicyclic amines) is 1. The Labute approximate surface area is 149 Å². The van der Waals surface area contributed by atoms with Crippen LogP contribution in [0.25, 0.3) is 0 Å². The number of aromatic nitrogens is 2. The minimum atomic E-state index is -3.18. The molecule has 7 nitrogen and oxygen atoms in total. The number of piperidine rings is 1. The van der Waals surface area contributed by atoms with Crippen LogP contribution in [0, 0.1) is 0 Å². The van der Waals surface area contributed by atoms with E-state index < -0.39 is 10.0 Å². The van der Waals surface area contributed by atoms with Crippen molar-refractivity contribution in [3.63, 3.8) is 0 Å². The van der Waals surface area contributed by atoms with Crippen molar-refractivity contribution in [1.29, 1.82) is 0 Å². The van der Waals surface area contributed by atoms with Gasteiger partial charge in [-0.2, -0.15) is 5.10 Å². The summed E-state index contributed by atoms with van der Waals surface area (Å²) in [7, 11) is -3.18. The fourth-order valence-corrected chi connectivity index (χ4v) is 4.31. The van der Waals surface area contributed by atoms with Crippen LogP contribution in [-0.4, -0.2) is 55.0 Å². The second-order valence-corrected chi connectivity index (χ2v) is 9.02. The average Bonchev–Trinajstić information content (AvgIpc) is 2.58. The highest BCUT2D eigenvalue weighted by molar-refractivity contribution is 7.88. The van der Waals surface area contributed by atoms with Crippen LogP contribution in [0.3, 0.4) is 0 Å². The van der Waals surface area contributed by atoms with Gasteiger partial charge >= 0.3 is 0 Å². The van der Waals surface area contributed by atoms with E-state index in [4.69, 9.17) is 0 Å². The Morgan fingerprint density at radius 3 is 2.80 bits per heavy atom. The van der Waals surface area contributed by atoms with Gasteiger partial charge in [0.1, 0.15) is 0 Å². The van der Waals surface area contributed by atoms with Crippen LogP contribution in [0.15, 0.2) is 10.9 Å². The van der Waals surface area contributed by atoms with Gasteiger partial charge in [0.2, 0.25) is 10.0 Å². The van der Waals surface area contributed by atoms with Crippen molar-refractivity contribution < 1.29 is 8.42 Å². The summed E-state index contributed by atoms with van der Waals surface area (Å²) >= 11 is 0. The highest BCUT2D eigenvalue weighted by atomic mass is 32.2. The lowest BCUT2D eigenvalue weighted by atomic mass is 9.97. The number of sulfonamides is 1. The summed E-state index contributed by atoms with van der Waals surface area (Å²) in [5.41, 5.74) is 2.16. The summed E-state index contributed by atoms with van der Waals surface area (Å²) in [6, 6.07) is 1.94. The Morgan fingerprint density at radius 1 is 1.20 bits per heavy atom. The van der Waals surface area contributed by atoms with Crippen molar-refractivity contribution in [1.82, 2.24) is 19.4 Å². The number of nitrogens with one attached hydrogen (secondary N) is 1. The molecule has 0 aromatic carbocycles. The molecule has 0 spiro atoms. The van der Waals surface area contributed by atoms with Gasteiger partial charge in [-0.1, -0.05) is 6.42 Å². The first-order valence-electron chi connectivity index (χ1n) is 9.21. The lowest BCUT2D eigenvalue weighted by Crippen LogP contribution is -2.48. The molecule has 1 aliphatic carbocycles. The molecular weight excluding hydrogens is 340 g/mol. The lowest BCUT2D eigenvalue weighted by Gasteiger charge is -2.35. The third-order valence-corrected chi connectivity index (χ3v) is 5.89. The zero-order chi connectivity index (χ0) is 17.9. The predicted molar refractivity (Wildman–Crippen MR) is 97.2 cm³/mol. The summed E-state index contributed by atoms with van der Waals surface area (Å²) in [6.45, 7) is 2.66. The first-order chi connectivity index (χ1) is 11.9. The minimum absolute atomic E-state index is 0.0246. The molecule has 0 saturated carbocycles. The molecule has 1 aromatic rings. The van der Waals surface area contributed by atoms with Gasteiger partial charge in [0.05, 0.1) is 18.5 Å². The topological polar surface area (TPSA) is 84.3 Å². The fraction of sp³-hybridized carbons (Fsp3) is 0.765. The minimum Gasteiger partial charge on any atom is -0.297 e. The molecular formula is C17H28N4O3S. The Bertz CT molecular complexity index is 760. The summed E-state index contributed by atoms with van der Waals surface area (Å²) < 4.78 is 26.9. The van der Waals surface area contributed by atoms with Gasteiger partial charge in [0.25, 0.3) is 5.56 Å². The first-order valence-corrected chi connectivity index (χ1v) is 11.1. The molecule has 1 atom stereocenters. The van der Waals surface area contributed by atoms with Crippen LogP contribution in [0.2, 0.25) is 0 Å². The van der Waals surface area contributed by atoms with Crippen LogP contribution >= 0.6 is 0 Å². The number of rotatable bonds is 6. The van der Waals surface area contributed by atoms with E-state index in [0.717, 1.165) is 69.3 Å². The molecule has 1 aromatic heterocycles. The van der Waals surface area contributed by atoms with Crippen LogP contribution in [0.4, 0.5) is 0 Å². The van der Waals surface area contributed by atoms with Crippen LogP contribution in [0.1, 0.15) is 43.4 Å². The normalized spacial score (nSPS) is 21.9. The predicted octanol–water partition coefficient (Wildman–Crippen LogP) is 0.526. The van der Waals surface area contributed by atoms with E-state index in [1.165, 1.54) is 6.26 Å². The van der Waals surface area contributed by atoms with Crippen molar-refractivity contribution >= 4 is 10.0 Å². The standard InChI is InChI=1S/C17H28N4O3S/c1-25(23,24)18-13-15-7-4-5-9-20(15)10-11-21-17(22)12-14-6-2-3-8-16(14)19-21/h12,15,18H,2-11,13H2,1H3. The van der Waals surface area contributed by atoms with Crippen LogP contribution in [0.5, 0.6) is 0 Å². The number of aryl methyl sites for hydroxylation is 2. The van der Waals surface area contributed by atoms with E-state index in [9.17, 15) is 13.2 Å². The van der Waals surface area contributed by atoms with E-state index in [2.05, 4.69) is 14.7 Å². The number of fused-ring (bicyclic) bond motifs is 1. The van der Waals surface area contributed by atoms with Crippen molar-refractivity contribution in [3.05, 3.63) is 27.7 Å². The van der Waals surface area contributed by atoms with Gasteiger partial charge in [0.15, 0.2) is 0 Å². The molecule has 1 fully saturated rings. The highest BCUT2D eigenvalue weighted by Gasteiger charge is 2.23. The molecule has 8 heteroatoms. The molecule has 1 unspecified atom stereocenters. The first kappa shape index (κ1) is 18.5. The Balaban J connectivity index is 1.64. The quantitative estimate of drug-likeness (QED) is 0.792. The summed E-state index contributed by atoms with van der Waals surface area (Å²) in [4.78, 5) is 14.6. The van der Waals surface area contributed by atoms with Crippen molar-refractivity contribution in [2.45, 2.75) is 57.5 Å². The SMILES string of the molecule is CS(=O)(=O)NCC1CCCCN1CCn1nc2c(cc1=O)CCCC2. The third kappa shape index (κ3) is 5.12. The van der Waals surface area contributed by atoms with Gasteiger partial charge in [-0.25, -0.2) is 17.8 Å². The van der Waals surface area contributed by atoms with E-state index in [1.807, 2.05) is 0 Å². The summed E-state index contributed by atoms with van der Waals surface area (Å²) in [6.07, 6.45) is 8.60. The average molecular weight is 369 g/mol. The number of nitrogens with zero attached hydrogens (tertiary/aromatic N) is 3. The van der Waals surface area contributed by atoms with Crippen molar-refractivity contribution in [3.8, 4) is 0 Å². The summed E-state index contributed by atoms with van der Waals surface area (Å²) in [5.74, 6) is 0. The monoisotopic (exact) mass is 368 g/mol. The molecule has 2 heterocycles. The molecule has 0 amide bonds. The van der Waals surface area contributed by atoms with Gasteiger partial charge < -0.3 is 0 Å². The van der Waals surface area contributed by atoms with Gasteiger partial charge in [0, 0.05) is 25.2 Å². The number of hydrogen-bond acceptors (Lipinski definition) is 5. The Kier molecular flexibility index (Phi) is 5.91. The maximum atomic E-state index is 12.3.